The minimum absolute atomic E-state index is 0.188. The highest BCUT2D eigenvalue weighted by Gasteiger charge is 2.28. The second kappa shape index (κ2) is 5.63. The molecule has 2 N–H and O–H groups in total. The molecule has 0 aliphatic rings. The quantitative estimate of drug-likeness (QED) is 0.912. The summed E-state index contributed by atoms with van der Waals surface area (Å²) in [6, 6.07) is 1.99. The van der Waals surface area contributed by atoms with Crippen LogP contribution in [0.4, 0.5) is 0 Å². The molecule has 2 heterocycles. The van der Waals surface area contributed by atoms with Crippen molar-refractivity contribution in [3.8, 4) is 10.6 Å². The molecule has 0 saturated heterocycles. The Morgan fingerprint density at radius 3 is 2.75 bits per heavy atom. The lowest BCUT2D eigenvalue weighted by atomic mass is 9.99. The number of nitrogens with zero attached hydrogens (tertiary/aromatic N) is 1. The fourth-order valence-corrected chi connectivity index (χ4v) is 3.24. The Bertz CT molecular complexity index is 601. The summed E-state index contributed by atoms with van der Waals surface area (Å²) in [5, 5.41) is 17.4. The van der Waals surface area contributed by atoms with Gasteiger partial charge in [0.05, 0.1) is 17.3 Å². The average molecular weight is 310 g/mol. The van der Waals surface area contributed by atoms with Crippen LogP contribution in [0.3, 0.4) is 0 Å². The van der Waals surface area contributed by atoms with Crippen molar-refractivity contribution in [1.82, 2.24) is 10.3 Å². The third kappa shape index (κ3) is 3.08. The van der Waals surface area contributed by atoms with Crippen molar-refractivity contribution >= 4 is 28.6 Å². The molecule has 2 rings (SSSR count). The lowest BCUT2D eigenvalue weighted by Gasteiger charge is -2.29. The Balaban J connectivity index is 2.23. The monoisotopic (exact) mass is 310 g/mol. The number of aryl methyl sites for hydroxylation is 1. The maximum Gasteiger partial charge on any atom is 0.263 e. The molecule has 1 amide bonds. The highest BCUT2D eigenvalue weighted by molar-refractivity contribution is 7.17. The number of thiazole rings is 1. The second-order valence-electron chi connectivity index (χ2n) is 5.30. The van der Waals surface area contributed by atoms with Crippen LogP contribution in [-0.4, -0.2) is 27.6 Å². The molecule has 4 nitrogen and oxygen atoms in total. The summed E-state index contributed by atoms with van der Waals surface area (Å²) < 4.78 is 0. The van der Waals surface area contributed by atoms with Gasteiger partial charge in [-0.05, 0) is 39.1 Å². The van der Waals surface area contributed by atoms with Gasteiger partial charge in [0, 0.05) is 10.9 Å². The molecule has 1 atom stereocenters. The minimum Gasteiger partial charge on any atom is -0.391 e. The molecular formula is C14H18N2O2S2. The summed E-state index contributed by atoms with van der Waals surface area (Å²) >= 11 is 2.98. The molecule has 0 radical (unpaired) electrons. The molecule has 108 valence electrons. The Morgan fingerprint density at radius 2 is 2.20 bits per heavy atom. The molecule has 2 aromatic heterocycles. The highest BCUT2D eigenvalue weighted by atomic mass is 32.1. The molecular weight excluding hydrogens is 292 g/mol. The lowest BCUT2D eigenvalue weighted by molar-refractivity contribution is 0.0712. The molecule has 0 aliphatic carbocycles. The van der Waals surface area contributed by atoms with Crippen LogP contribution in [0.25, 0.3) is 10.6 Å². The molecule has 1 unspecified atom stereocenters. The molecule has 6 heteroatoms. The van der Waals surface area contributed by atoms with Gasteiger partial charge in [0.2, 0.25) is 0 Å². The van der Waals surface area contributed by atoms with Gasteiger partial charge in [-0.3, -0.25) is 4.79 Å². The van der Waals surface area contributed by atoms with Crippen LogP contribution in [0.5, 0.6) is 0 Å². The van der Waals surface area contributed by atoms with E-state index in [0.717, 1.165) is 16.3 Å². The second-order valence-corrected chi connectivity index (χ2v) is 7.08. The van der Waals surface area contributed by atoms with E-state index < -0.39 is 11.6 Å². The van der Waals surface area contributed by atoms with Gasteiger partial charge in [0.25, 0.3) is 5.91 Å². The zero-order chi connectivity index (χ0) is 14.9. The Morgan fingerprint density at radius 1 is 1.50 bits per heavy atom. The van der Waals surface area contributed by atoms with Crippen molar-refractivity contribution in [2.24, 2.45) is 0 Å². The van der Waals surface area contributed by atoms with E-state index in [1.165, 1.54) is 11.3 Å². The van der Waals surface area contributed by atoms with Gasteiger partial charge < -0.3 is 10.4 Å². The number of rotatable bonds is 4. The fraction of sp³-hybridized carbons (Fsp3) is 0.429. The van der Waals surface area contributed by atoms with Crippen molar-refractivity contribution in [3.05, 3.63) is 27.4 Å². The van der Waals surface area contributed by atoms with Crippen LogP contribution < -0.4 is 5.32 Å². The summed E-state index contributed by atoms with van der Waals surface area (Å²) in [6.07, 6.45) is -0.629. The smallest absolute Gasteiger partial charge is 0.263 e. The Labute approximate surface area is 126 Å². The van der Waals surface area contributed by atoms with Gasteiger partial charge in [0.1, 0.15) is 9.88 Å². The third-order valence-electron chi connectivity index (χ3n) is 3.25. The van der Waals surface area contributed by atoms with Gasteiger partial charge in [-0.2, -0.15) is 11.3 Å². The number of hydrogen-bond donors (Lipinski definition) is 2. The first-order valence-electron chi connectivity index (χ1n) is 6.32. The molecule has 0 fully saturated rings. The molecule has 2 aromatic rings. The summed E-state index contributed by atoms with van der Waals surface area (Å²) in [5.74, 6) is -0.188. The predicted molar refractivity (Wildman–Crippen MR) is 83.4 cm³/mol. The first kappa shape index (κ1) is 15.2. The van der Waals surface area contributed by atoms with Gasteiger partial charge in [0.15, 0.2) is 0 Å². The summed E-state index contributed by atoms with van der Waals surface area (Å²) in [4.78, 5) is 17.4. The number of hydrogen-bond acceptors (Lipinski definition) is 5. The van der Waals surface area contributed by atoms with Crippen molar-refractivity contribution in [2.75, 3.05) is 0 Å². The first-order chi connectivity index (χ1) is 9.31. The minimum atomic E-state index is -0.671. The van der Waals surface area contributed by atoms with Crippen LogP contribution in [0.15, 0.2) is 16.8 Å². The van der Waals surface area contributed by atoms with Crippen LogP contribution in [0.1, 0.15) is 36.1 Å². The van der Waals surface area contributed by atoms with E-state index in [4.69, 9.17) is 0 Å². The van der Waals surface area contributed by atoms with E-state index in [-0.39, 0.29) is 5.91 Å². The van der Waals surface area contributed by atoms with E-state index in [1.807, 2.05) is 23.8 Å². The van der Waals surface area contributed by atoms with E-state index in [2.05, 4.69) is 10.3 Å². The van der Waals surface area contributed by atoms with Crippen LogP contribution >= 0.6 is 22.7 Å². The zero-order valence-corrected chi connectivity index (χ0v) is 13.6. The maximum absolute atomic E-state index is 12.3. The number of aliphatic hydroxyl groups excluding tert-OH is 1. The zero-order valence-electron chi connectivity index (χ0n) is 11.9. The molecule has 20 heavy (non-hydrogen) atoms. The normalized spacial score (nSPS) is 13.2. The number of carbonyl (C=O) groups is 1. The molecule has 0 aliphatic heterocycles. The van der Waals surface area contributed by atoms with Crippen molar-refractivity contribution < 1.29 is 9.90 Å². The van der Waals surface area contributed by atoms with Gasteiger partial charge in [-0.1, -0.05) is 0 Å². The van der Waals surface area contributed by atoms with Crippen LogP contribution in [0.2, 0.25) is 0 Å². The number of aromatic nitrogens is 1. The van der Waals surface area contributed by atoms with Crippen molar-refractivity contribution in [2.45, 2.75) is 39.3 Å². The first-order valence-corrected chi connectivity index (χ1v) is 8.08. The van der Waals surface area contributed by atoms with Gasteiger partial charge in [-0.15, -0.1) is 11.3 Å². The average Bonchev–Trinajstić information content (AvgIpc) is 2.96. The third-order valence-corrected chi connectivity index (χ3v) is 5.14. The van der Waals surface area contributed by atoms with Crippen molar-refractivity contribution in [3.63, 3.8) is 0 Å². The number of amides is 1. The summed E-state index contributed by atoms with van der Waals surface area (Å²) in [7, 11) is 0. The number of aliphatic hydroxyl groups is 1. The van der Waals surface area contributed by atoms with Gasteiger partial charge in [-0.25, -0.2) is 4.98 Å². The molecule has 0 aromatic carbocycles. The van der Waals surface area contributed by atoms with E-state index in [1.54, 1.807) is 32.1 Å². The standard InChI is InChI=1S/C14H18N2O2S2/c1-8-11(12(18)16-14(3,4)9(2)17)20-13(15-8)10-5-6-19-7-10/h5-7,9,17H,1-4H3,(H,16,18). The number of thiophene rings is 1. The van der Waals surface area contributed by atoms with Crippen LogP contribution in [0, 0.1) is 6.92 Å². The molecule has 0 bridgehead atoms. The van der Waals surface area contributed by atoms with Crippen LogP contribution in [-0.2, 0) is 0 Å². The predicted octanol–water partition coefficient (Wildman–Crippen LogP) is 3.07. The summed E-state index contributed by atoms with van der Waals surface area (Å²) in [5.41, 5.74) is 1.09. The fourth-order valence-electron chi connectivity index (χ4n) is 1.57. The van der Waals surface area contributed by atoms with E-state index >= 15 is 0 Å². The highest BCUT2D eigenvalue weighted by Crippen LogP contribution is 2.29. The molecule has 0 spiro atoms. The Hall–Kier alpha value is -1.24. The summed E-state index contributed by atoms with van der Waals surface area (Å²) in [6.45, 7) is 7.09. The topological polar surface area (TPSA) is 62.2 Å². The number of carbonyl (C=O) groups excluding carboxylic acids is 1. The van der Waals surface area contributed by atoms with Crippen molar-refractivity contribution in [1.29, 1.82) is 0 Å². The SMILES string of the molecule is Cc1nc(-c2ccsc2)sc1C(=O)NC(C)(C)C(C)O. The van der Waals surface area contributed by atoms with Gasteiger partial charge >= 0.3 is 0 Å². The maximum atomic E-state index is 12.3. The molecule has 0 saturated carbocycles. The lowest BCUT2D eigenvalue weighted by Crippen LogP contribution is -2.50. The van der Waals surface area contributed by atoms with E-state index in [9.17, 15) is 9.90 Å². The Kier molecular flexibility index (Phi) is 4.27. The largest absolute Gasteiger partial charge is 0.391 e. The number of nitrogens with one attached hydrogen (secondary N) is 1. The van der Waals surface area contributed by atoms with E-state index in [0.29, 0.717) is 4.88 Å².